The van der Waals surface area contributed by atoms with Gasteiger partial charge in [-0.25, -0.2) is 4.79 Å². The Labute approximate surface area is 127 Å². The number of hydrogen-bond acceptors (Lipinski definition) is 2. The van der Waals surface area contributed by atoms with Gasteiger partial charge in [-0.2, -0.15) is 0 Å². The van der Waals surface area contributed by atoms with Crippen LogP contribution in [-0.4, -0.2) is 25.2 Å². The number of amides is 2. The zero-order valence-electron chi connectivity index (χ0n) is 11.4. The Kier molecular flexibility index (Phi) is 4.15. The number of carbonyl (C=O) groups is 1. The van der Waals surface area contributed by atoms with Crippen LogP contribution >= 0.6 is 15.9 Å². The Bertz CT molecular complexity index is 501. The average molecular weight is 339 g/mol. The number of rotatable bonds is 1. The summed E-state index contributed by atoms with van der Waals surface area (Å²) in [7, 11) is 0. The molecule has 0 radical (unpaired) electrons. The molecule has 0 atom stereocenters. The molecule has 1 fully saturated rings. The van der Waals surface area contributed by atoms with Crippen LogP contribution in [0.1, 0.15) is 32.1 Å². The summed E-state index contributed by atoms with van der Waals surface area (Å²) in [6.07, 6.45) is 5.93. The minimum Gasteiger partial charge on any atom is -0.489 e. The van der Waals surface area contributed by atoms with Crippen LogP contribution in [0.2, 0.25) is 0 Å². The highest BCUT2D eigenvalue weighted by atomic mass is 79.9. The molecule has 0 unspecified atom stereocenters. The van der Waals surface area contributed by atoms with E-state index in [-0.39, 0.29) is 6.03 Å². The number of ether oxygens (including phenoxy) is 1. The van der Waals surface area contributed by atoms with Crippen LogP contribution < -0.4 is 15.0 Å². The Balaban J connectivity index is 1.72. The summed E-state index contributed by atoms with van der Waals surface area (Å²) >= 11 is 3.43. The monoisotopic (exact) mass is 338 g/mol. The van der Waals surface area contributed by atoms with Crippen LogP contribution in [0, 0.1) is 0 Å². The third-order valence-electron chi connectivity index (χ3n) is 3.96. The van der Waals surface area contributed by atoms with Gasteiger partial charge in [0.1, 0.15) is 12.4 Å². The minimum absolute atomic E-state index is 0.00349. The maximum absolute atomic E-state index is 12.5. The normalized spacial score (nSPS) is 19.1. The highest BCUT2D eigenvalue weighted by Gasteiger charge is 2.26. The van der Waals surface area contributed by atoms with Gasteiger partial charge in [-0.05, 0) is 31.0 Å². The molecular weight excluding hydrogens is 320 g/mol. The molecule has 108 valence electrons. The molecule has 1 saturated carbocycles. The van der Waals surface area contributed by atoms with Crippen molar-refractivity contribution in [1.29, 1.82) is 0 Å². The summed E-state index contributed by atoms with van der Waals surface area (Å²) in [5, 5.41) is 3.16. The zero-order valence-corrected chi connectivity index (χ0v) is 13.0. The van der Waals surface area contributed by atoms with E-state index in [1.54, 1.807) is 4.90 Å². The molecule has 1 aromatic rings. The molecule has 0 aromatic heterocycles. The van der Waals surface area contributed by atoms with Crippen molar-refractivity contribution in [2.45, 2.75) is 38.1 Å². The number of hydrogen-bond donors (Lipinski definition) is 1. The maximum atomic E-state index is 12.5. The van der Waals surface area contributed by atoms with Gasteiger partial charge in [-0.3, -0.25) is 4.90 Å². The Morgan fingerprint density at radius 2 is 2.10 bits per heavy atom. The molecule has 2 amide bonds. The van der Waals surface area contributed by atoms with Gasteiger partial charge in [-0.1, -0.05) is 35.2 Å². The summed E-state index contributed by atoms with van der Waals surface area (Å²) in [6, 6.07) is 6.12. The summed E-state index contributed by atoms with van der Waals surface area (Å²) < 4.78 is 6.59. The lowest BCUT2D eigenvalue weighted by Crippen LogP contribution is -2.48. The topological polar surface area (TPSA) is 41.6 Å². The third kappa shape index (κ3) is 2.92. The van der Waals surface area contributed by atoms with Gasteiger partial charge in [0.05, 0.1) is 12.2 Å². The first-order valence-electron chi connectivity index (χ1n) is 7.24. The zero-order chi connectivity index (χ0) is 13.9. The number of urea groups is 1. The standard InChI is InChI=1S/C15H19BrN2O2/c16-11-6-7-13-14(10-11)20-9-8-18(13)15(19)17-12-4-2-1-3-5-12/h6-7,10,12H,1-5,8-9H2,(H,17,19). The summed E-state index contributed by atoms with van der Waals surface area (Å²) in [6.45, 7) is 1.15. The number of carbonyl (C=O) groups excluding carboxylic acids is 1. The number of nitrogens with one attached hydrogen (secondary N) is 1. The van der Waals surface area contributed by atoms with Crippen molar-refractivity contribution in [3.8, 4) is 5.75 Å². The fourth-order valence-corrected chi connectivity index (χ4v) is 3.24. The highest BCUT2D eigenvalue weighted by molar-refractivity contribution is 9.10. The number of anilines is 1. The fraction of sp³-hybridized carbons (Fsp3) is 0.533. The van der Waals surface area contributed by atoms with Gasteiger partial charge in [0.15, 0.2) is 0 Å². The molecule has 1 aliphatic carbocycles. The van der Waals surface area contributed by atoms with Crippen LogP contribution in [0.5, 0.6) is 5.75 Å². The predicted octanol–water partition coefficient (Wildman–Crippen LogP) is 3.69. The molecule has 0 spiro atoms. The van der Waals surface area contributed by atoms with Crippen LogP contribution in [0.4, 0.5) is 10.5 Å². The van der Waals surface area contributed by atoms with E-state index in [4.69, 9.17) is 4.74 Å². The lowest BCUT2D eigenvalue weighted by molar-refractivity contribution is 0.232. The van der Waals surface area contributed by atoms with Gasteiger partial charge in [0.2, 0.25) is 0 Å². The van der Waals surface area contributed by atoms with Gasteiger partial charge in [0.25, 0.3) is 0 Å². The summed E-state index contributed by atoms with van der Waals surface area (Å²) in [4.78, 5) is 14.3. The molecule has 4 nitrogen and oxygen atoms in total. The van der Waals surface area contributed by atoms with E-state index in [0.29, 0.717) is 19.2 Å². The van der Waals surface area contributed by atoms with Crippen LogP contribution in [-0.2, 0) is 0 Å². The highest BCUT2D eigenvalue weighted by Crippen LogP contribution is 2.34. The molecule has 5 heteroatoms. The quantitative estimate of drug-likeness (QED) is 0.848. The maximum Gasteiger partial charge on any atom is 0.322 e. The number of benzene rings is 1. The number of halogens is 1. The predicted molar refractivity (Wildman–Crippen MR) is 82.4 cm³/mol. The molecule has 2 aliphatic rings. The Hall–Kier alpha value is -1.23. The van der Waals surface area contributed by atoms with Gasteiger partial charge < -0.3 is 10.1 Å². The molecule has 0 bridgehead atoms. The van der Waals surface area contributed by atoms with E-state index in [2.05, 4.69) is 21.2 Å². The molecule has 20 heavy (non-hydrogen) atoms. The average Bonchev–Trinajstić information content (AvgIpc) is 2.47. The van der Waals surface area contributed by atoms with Crippen molar-refractivity contribution >= 4 is 27.6 Å². The number of fused-ring (bicyclic) bond motifs is 1. The molecular formula is C15H19BrN2O2. The second-order valence-corrected chi connectivity index (χ2v) is 6.31. The smallest absolute Gasteiger partial charge is 0.322 e. The van der Waals surface area contributed by atoms with Crippen molar-refractivity contribution < 1.29 is 9.53 Å². The van der Waals surface area contributed by atoms with E-state index < -0.39 is 0 Å². The summed E-state index contributed by atoms with van der Waals surface area (Å²) in [5.74, 6) is 0.768. The fourth-order valence-electron chi connectivity index (χ4n) is 2.90. The van der Waals surface area contributed by atoms with Crippen molar-refractivity contribution in [2.24, 2.45) is 0 Å². The first-order valence-corrected chi connectivity index (χ1v) is 8.04. The Morgan fingerprint density at radius 3 is 2.90 bits per heavy atom. The van der Waals surface area contributed by atoms with Crippen LogP contribution in [0.15, 0.2) is 22.7 Å². The van der Waals surface area contributed by atoms with Gasteiger partial charge in [-0.15, -0.1) is 0 Å². The van der Waals surface area contributed by atoms with Crippen LogP contribution in [0.25, 0.3) is 0 Å². The molecule has 1 heterocycles. The second-order valence-electron chi connectivity index (χ2n) is 5.40. The second kappa shape index (κ2) is 6.04. The third-order valence-corrected chi connectivity index (χ3v) is 4.46. The van der Waals surface area contributed by atoms with E-state index in [9.17, 15) is 4.79 Å². The van der Waals surface area contributed by atoms with Crippen molar-refractivity contribution in [3.63, 3.8) is 0 Å². The Morgan fingerprint density at radius 1 is 1.30 bits per heavy atom. The molecule has 1 aromatic carbocycles. The van der Waals surface area contributed by atoms with E-state index >= 15 is 0 Å². The first kappa shape index (κ1) is 13.7. The van der Waals surface area contributed by atoms with Crippen molar-refractivity contribution in [3.05, 3.63) is 22.7 Å². The lowest BCUT2D eigenvalue weighted by atomic mass is 9.96. The first-order chi connectivity index (χ1) is 9.74. The van der Waals surface area contributed by atoms with Crippen LogP contribution in [0.3, 0.4) is 0 Å². The molecule has 0 saturated heterocycles. The molecule has 1 N–H and O–H groups in total. The minimum atomic E-state index is 0.00349. The van der Waals surface area contributed by atoms with Crippen molar-refractivity contribution in [1.82, 2.24) is 5.32 Å². The van der Waals surface area contributed by atoms with E-state index in [1.807, 2.05) is 18.2 Å². The summed E-state index contributed by atoms with van der Waals surface area (Å²) in [5.41, 5.74) is 0.854. The van der Waals surface area contributed by atoms with E-state index in [1.165, 1.54) is 19.3 Å². The van der Waals surface area contributed by atoms with Gasteiger partial charge >= 0.3 is 6.03 Å². The molecule has 3 rings (SSSR count). The lowest BCUT2D eigenvalue weighted by Gasteiger charge is -2.32. The van der Waals surface area contributed by atoms with Crippen molar-refractivity contribution in [2.75, 3.05) is 18.1 Å². The SMILES string of the molecule is O=C(NC1CCCCC1)N1CCOc2cc(Br)ccc21. The largest absolute Gasteiger partial charge is 0.489 e. The van der Waals surface area contributed by atoms with E-state index in [0.717, 1.165) is 28.8 Å². The molecule has 1 aliphatic heterocycles. The number of nitrogens with zero attached hydrogens (tertiary/aromatic N) is 1. The van der Waals surface area contributed by atoms with Gasteiger partial charge in [0, 0.05) is 10.5 Å².